The van der Waals surface area contributed by atoms with Gasteiger partial charge in [-0.15, -0.1) is 0 Å². The Balaban J connectivity index is 2.24. The Hall–Kier alpha value is -0.0800. The molecule has 0 spiro atoms. The molecule has 0 aliphatic heterocycles. The Morgan fingerprint density at radius 3 is 2.31 bits per heavy atom. The van der Waals surface area contributed by atoms with Crippen molar-refractivity contribution in [1.29, 1.82) is 0 Å². The molecule has 0 amide bonds. The van der Waals surface area contributed by atoms with Gasteiger partial charge in [-0.1, -0.05) is 40.0 Å². The fourth-order valence-electron chi connectivity index (χ4n) is 2.81. The van der Waals surface area contributed by atoms with Gasteiger partial charge >= 0.3 is 0 Å². The second kappa shape index (κ2) is 7.29. The lowest BCUT2D eigenvalue weighted by Gasteiger charge is -2.29. The Morgan fingerprint density at radius 2 is 1.81 bits per heavy atom. The van der Waals surface area contributed by atoms with Crippen molar-refractivity contribution in [3.63, 3.8) is 0 Å². The summed E-state index contributed by atoms with van der Waals surface area (Å²) in [5.74, 6) is 1.20. The zero-order valence-electron chi connectivity index (χ0n) is 11.2. The van der Waals surface area contributed by atoms with Gasteiger partial charge in [-0.05, 0) is 31.1 Å². The summed E-state index contributed by atoms with van der Waals surface area (Å²) in [5.41, 5.74) is 0. The molecule has 1 fully saturated rings. The molecule has 2 heteroatoms. The zero-order valence-corrected chi connectivity index (χ0v) is 11.2. The van der Waals surface area contributed by atoms with Gasteiger partial charge in [0, 0.05) is 12.6 Å². The van der Waals surface area contributed by atoms with Crippen LogP contribution < -0.4 is 5.32 Å². The van der Waals surface area contributed by atoms with Gasteiger partial charge in [0.25, 0.3) is 0 Å². The highest BCUT2D eigenvalue weighted by Gasteiger charge is 2.22. The summed E-state index contributed by atoms with van der Waals surface area (Å²) in [6.45, 7) is 7.48. The third-order valence-electron chi connectivity index (χ3n) is 4.03. The van der Waals surface area contributed by atoms with Crippen molar-refractivity contribution in [2.75, 3.05) is 6.54 Å². The van der Waals surface area contributed by atoms with E-state index in [4.69, 9.17) is 0 Å². The molecule has 0 aromatic rings. The molecular formula is C14H29NO. The van der Waals surface area contributed by atoms with Gasteiger partial charge in [-0.25, -0.2) is 0 Å². The Kier molecular flexibility index (Phi) is 6.37. The predicted octanol–water partition coefficient (Wildman–Crippen LogP) is 2.95. The van der Waals surface area contributed by atoms with Crippen LogP contribution in [0, 0.1) is 11.8 Å². The van der Waals surface area contributed by atoms with Crippen molar-refractivity contribution in [2.45, 2.75) is 71.4 Å². The highest BCUT2D eigenvalue weighted by Crippen LogP contribution is 2.26. The summed E-state index contributed by atoms with van der Waals surface area (Å²) in [6, 6.07) is 0.554. The molecule has 0 aromatic carbocycles. The van der Waals surface area contributed by atoms with E-state index in [1.54, 1.807) is 0 Å². The van der Waals surface area contributed by atoms with Gasteiger partial charge in [-0.2, -0.15) is 0 Å². The lowest BCUT2D eigenvalue weighted by Crippen LogP contribution is -2.41. The summed E-state index contributed by atoms with van der Waals surface area (Å²) < 4.78 is 0. The molecule has 1 aliphatic rings. The summed E-state index contributed by atoms with van der Waals surface area (Å²) in [6.07, 6.45) is 7.44. The van der Waals surface area contributed by atoms with E-state index in [9.17, 15) is 5.11 Å². The monoisotopic (exact) mass is 227 g/mol. The molecule has 0 aromatic heterocycles. The van der Waals surface area contributed by atoms with Crippen molar-refractivity contribution >= 4 is 0 Å². The number of hydrogen-bond donors (Lipinski definition) is 2. The average Bonchev–Trinajstić information content (AvgIpc) is 2.30. The van der Waals surface area contributed by atoms with Crippen molar-refractivity contribution in [3.8, 4) is 0 Å². The third-order valence-corrected chi connectivity index (χ3v) is 4.03. The number of aliphatic hydroxyl groups excluding tert-OH is 1. The molecule has 96 valence electrons. The molecule has 2 nitrogen and oxygen atoms in total. The first-order valence-corrected chi connectivity index (χ1v) is 7.06. The van der Waals surface area contributed by atoms with Gasteiger partial charge in [0.1, 0.15) is 0 Å². The molecule has 0 saturated heterocycles. The highest BCUT2D eigenvalue weighted by molar-refractivity contribution is 4.77. The van der Waals surface area contributed by atoms with E-state index in [2.05, 4.69) is 26.1 Å². The van der Waals surface area contributed by atoms with Crippen LogP contribution >= 0.6 is 0 Å². The molecule has 2 N–H and O–H groups in total. The van der Waals surface area contributed by atoms with Gasteiger partial charge in [0.05, 0.1) is 6.10 Å². The van der Waals surface area contributed by atoms with Gasteiger partial charge in [0.15, 0.2) is 0 Å². The van der Waals surface area contributed by atoms with Gasteiger partial charge in [0.2, 0.25) is 0 Å². The van der Waals surface area contributed by atoms with Gasteiger partial charge in [-0.3, -0.25) is 0 Å². The van der Waals surface area contributed by atoms with Crippen LogP contribution in [0.1, 0.15) is 59.3 Å². The first-order valence-electron chi connectivity index (χ1n) is 7.06. The molecule has 1 saturated carbocycles. The maximum absolute atomic E-state index is 10.1. The lowest BCUT2D eigenvalue weighted by molar-refractivity contribution is 0.0794. The van der Waals surface area contributed by atoms with E-state index < -0.39 is 0 Å². The maximum Gasteiger partial charge on any atom is 0.0692 e. The summed E-state index contributed by atoms with van der Waals surface area (Å²) >= 11 is 0. The smallest absolute Gasteiger partial charge is 0.0692 e. The van der Waals surface area contributed by atoms with Gasteiger partial charge < -0.3 is 10.4 Å². The molecule has 0 bridgehead atoms. The molecular weight excluding hydrogens is 198 g/mol. The van der Waals surface area contributed by atoms with E-state index >= 15 is 0 Å². The molecule has 2 unspecified atom stereocenters. The van der Waals surface area contributed by atoms with E-state index in [-0.39, 0.29) is 6.10 Å². The fourth-order valence-corrected chi connectivity index (χ4v) is 2.81. The van der Waals surface area contributed by atoms with E-state index in [1.807, 2.05) is 0 Å². The summed E-state index contributed by atoms with van der Waals surface area (Å²) in [4.78, 5) is 0. The first kappa shape index (κ1) is 14.0. The van der Waals surface area contributed by atoms with Crippen LogP contribution in [0.2, 0.25) is 0 Å². The minimum Gasteiger partial charge on any atom is -0.392 e. The van der Waals surface area contributed by atoms with Crippen LogP contribution in [0.3, 0.4) is 0 Å². The van der Waals surface area contributed by atoms with Crippen molar-refractivity contribution in [1.82, 2.24) is 5.32 Å². The van der Waals surface area contributed by atoms with Crippen molar-refractivity contribution in [3.05, 3.63) is 0 Å². The predicted molar refractivity (Wildman–Crippen MR) is 69.5 cm³/mol. The quantitative estimate of drug-likeness (QED) is 0.731. The first-order chi connectivity index (χ1) is 7.65. The molecule has 0 heterocycles. The topological polar surface area (TPSA) is 32.3 Å². The molecule has 1 rings (SSSR count). The Morgan fingerprint density at radius 1 is 1.19 bits per heavy atom. The molecule has 0 radical (unpaired) electrons. The SMILES string of the molecule is CCC(NCC(O)C1CCCCC1)C(C)C. The van der Waals surface area contributed by atoms with Crippen LogP contribution in [-0.4, -0.2) is 23.8 Å². The van der Waals surface area contributed by atoms with Crippen LogP contribution in [0.4, 0.5) is 0 Å². The highest BCUT2D eigenvalue weighted by atomic mass is 16.3. The second-order valence-corrected chi connectivity index (χ2v) is 5.63. The number of nitrogens with one attached hydrogen (secondary N) is 1. The average molecular weight is 227 g/mol. The van der Waals surface area contributed by atoms with Crippen LogP contribution in [-0.2, 0) is 0 Å². The van der Waals surface area contributed by atoms with Crippen LogP contribution in [0.25, 0.3) is 0 Å². The number of rotatable bonds is 6. The normalized spacial score (nSPS) is 22.3. The Bertz CT molecular complexity index is 176. The number of aliphatic hydroxyl groups is 1. The van der Waals surface area contributed by atoms with Crippen LogP contribution in [0.15, 0.2) is 0 Å². The van der Waals surface area contributed by atoms with E-state index in [0.29, 0.717) is 17.9 Å². The molecule has 1 aliphatic carbocycles. The molecule has 2 atom stereocenters. The van der Waals surface area contributed by atoms with E-state index in [1.165, 1.54) is 32.1 Å². The summed E-state index contributed by atoms with van der Waals surface area (Å²) in [5, 5.41) is 13.7. The minimum atomic E-state index is -0.131. The van der Waals surface area contributed by atoms with Crippen LogP contribution in [0.5, 0.6) is 0 Å². The lowest BCUT2D eigenvalue weighted by atomic mass is 9.85. The third kappa shape index (κ3) is 4.42. The second-order valence-electron chi connectivity index (χ2n) is 5.63. The Labute approximate surface area is 101 Å². The molecule has 16 heavy (non-hydrogen) atoms. The zero-order chi connectivity index (χ0) is 12.0. The van der Waals surface area contributed by atoms with E-state index in [0.717, 1.165) is 13.0 Å². The largest absolute Gasteiger partial charge is 0.392 e. The number of hydrogen-bond acceptors (Lipinski definition) is 2. The standard InChI is InChI=1S/C14H29NO/c1-4-13(11(2)3)15-10-14(16)12-8-6-5-7-9-12/h11-16H,4-10H2,1-3H3. The summed E-state index contributed by atoms with van der Waals surface area (Å²) in [7, 11) is 0. The van der Waals surface area contributed by atoms with Crippen molar-refractivity contribution < 1.29 is 5.11 Å². The van der Waals surface area contributed by atoms with Crippen molar-refractivity contribution in [2.24, 2.45) is 11.8 Å². The maximum atomic E-state index is 10.1. The fraction of sp³-hybridized carbons (Fsp3) is 1.00. The minimum absolute atomic E-state index is 0.131.